The van der Waals surface area contributed by atoms with Gasteiger partial charge in [0.05, 0.1) is 6.04 Å². The number of nitrogens with one attached hydrogen (secondary N) is 2. The number of rotatable bonds is 2. The largest absolute Gasteiger partial charge is 0.347 e. The number of aromatic nitrogens is 2. The van der Waals surface area contributed by atoms with E-state index in [0.717, 1.165) is 38.2 Å². The molecule has 2 aliphatic rings. The molecule has 0 radical (unpaired) electrons. The fourth-order valence-corrected chi connectivity index (χ4v) is 3.00. The highest BCUT2D eigenvalue weighted by Gasteiger charge is 2.30. The van der Waals surface area contributed by atoms with Crippen molar-refractivity contribution in [3.05, 3.63) is 30.4 Å². The van der Waals surface area contributed by atoms with Crippen LogP contribution in [0.5, 0.6) is 0 Å². The molecule has 2 heterocycles. The molecule has 2 N–H and O–H groups in total. The Balaban J connectivity index is 1.61. The van der Waals surface area contributed by atoms with Crippen LogP contribution >= 0.6 is 0 Å². The third-order valence-corrected chi connectivity index (χ3v) is 4.33. The molecule has 1 aromatic rings. The van der Waals surface area contributed by atoms with Gasteiger partial charge in [-0.3, -0.25) is 4.90 Å². The lowest BCUT2D eigenvalue weighted by Crippen LogP contribution is -2.53. The zero-order valence-electron chi connectivity index (χ0n) is 12.5. The fraction of sp³-hybridized carbons (Fsp3) is 0.600. The van der Waals surface area contributed by atoms with Gasteiger partial charge in [0.15, 0.2) is 0 Å². The summed E-state index contributed by atoms with van der Waals surface area (Å²) < 4.78 is 0. The molecule has 0 bridgehead atoms. The molecular weight excluding hydrogens is 266 g/mol. The standard InChI is InChI=1S/C15H23N5O/c1-19-9-10-20(11-13(19)14-16-7-8-17-14)15(21)18-12-5-3-2-4-6-12/h3,5,7-8,12-13H,2,4,6,9-11H2,1H3,(H,16,17)(H,18,21). The van der Waals surface area contributed by atoms with E-state index in [1.54, 1.807) is 6.20 Å². The quantitative estimate of drug-likeness (QED) is 0.811. The number of carbonyl (C=O) groups excluding carboxylic acids is 1. The minimum Gasteiger partial charge on any atom is -0.347 e. The summed E-state index contributed by atoms with van der Waals surface area (Å²) in [5, 5.41) is 3.12. The number of piperazine rings is 1. The van der Waals surface area contributed by atoms with Crippen molar-refractivity contribution in [1.29, 1.82) is 0 Å². The summed E-state index contributed by atoms with van der Waals surface area (Å²) in [6.07, 6.45) is 11.2. The van der Waals surface area contributed by atoms with Crippen molar-refractivity contribution in [3.63, 3.8) is 0 Å². The molecule has 6 nitrogen and oxygen atoms in total. The van der Waals surface area contributed by atoms with E-state index in [2.05, 4.69) is 39.4 Å². The van der Waals surface area contributed by atoms with Gasteiger partial charge in [0.25, 0.3) is 0 Å². The molecule has 6 heteroatoms. The molecule has 2 atom stereocenters. The molecule has 0 saturated carbocycles. The normalized spacial score (nSPS) is 26.8. The van der Waals surface area contributed by atoms with E-state index in [1.807, 2.05) is 11.1 Å². The van der Waals surface area contributed by atoms with Crippen LogP contribution in [0.15, 0.2) is 24.5 Å². The average molecular weight is 289 g/mol. The van der Waals surface area contributed by atoms with Crippen molar-refractivity contribution < 1.29 is 4.79 Å². The maximum absolute atomic E-state index is 12.4. The summed E-state index contributed by atoms with van der Waals surface area (Å²) in [6.45, 7) is 2.29. The Morgan fingerprint density at radius 3 is 3.10 bits per heavy atom. The number of hydrogen-bond donors (Lipinski definition) is 2. The van der Waals surface area contributed by atoms with Gasteiger partial charge < -0.3 is 15.2 Å². The lowest BCUT2D eigenvalue weighted by Gasteiger charge is -2.39. The van der Waals surface area contributed by atoms with Crippen LogP contribution in [-0.4, -0.2) is 58.5 Å². The van der Waals surface area contributed by atoms with E-state index in [4.69, 9.17) is 0 Å². The van der Waals surface area contributed by atoms with Gasteiger partial charge in [-0.1, -0.05) is 12.2 Å². The number of imidazole rings is 1. The van der Waals surface area contributed by atoms with Crippen molar-refractivity contribution in [2.75, 3.05) is 26.7 Å². The molecule has 2 amide bonds. The second kappa shape index (κ2) is 6.30. The smallest absolute Gasteiger partial charge is 0.317 e. The van der Waals surface area contributed by atoms with Crippen LogP contribution in [0.2, 0.25) is 0 Å². The summed E-state index contributed by atoms with van der Waals surface area (Å²) in [4.78, 5) is 24.0. The van der Waals surface area contributed by atoms with E-state index >= 15 is 0 Å². The number of likely N-dealkylation sites (N-methyl/N-ethyl adjacent to an activating group) is 1. The van der Waals surface area contributed by atoms with Gasteiger partial charge in [-0.15, -0.1) is 0 Å². The molecule has 1 aromatic heterocycles. The molecule has 1 fully saturated rings. The van der Waals surface area contributed by atoms with Gasteiger partial charge >= 0.3 is 6.03 Å². The molecule has 2 unspecified atom stereocenters. The SMILES string of the molecule is CN1CCN(C(=O)NC2C=CCCC2)CC1c1ncc[nH]1. The Morgan fingerprint density at radius 1 is 1.48 bits per heavy atom. The predicted octanol–water partition coefficient (Wildman–Crippen LogP) is 1.52. The zero-order chi connectivity index (χ0) is 14.7. The van der Waals surface area contributed by atoms with Gasteiger partial charge in [-0.2, -0.15) is 0 Å². The predicted molar refractivity (Wildman–Crippen MR) is 80.8 cm³/mol. The number of carbonyl (C=O) groups is 1. The number of amides is 2. The van der Waals surface area contributed by atoms with E-state index < -0.39 is 0 Å². The van der Waals surface area contributed by atoms with Gasteiger partial charge in [0.1, 0.15) is 5.82 Å². The lowest BCUT2D eigenvalue weighted by molar-refractivity contribution is 0.105. The van der Waals surface area contributed by atoms with Crippen molar-refractivity contribution in [3.8, 4) is 0 Å². The Kier molecular flexibility index (Phi) is 4.24. The molecule has 0 spiro atoms. The minimum absolute atomic E-state index is 0.0382. The first-order valence-corrected chi connectivity index (χ1v) is 7.65. The monoisotopic (exact) mass is 289 g/mol. The number of allylic oxidation sites excluding steroid dienone is 1. The van der Waals surface area contributed by atoms with Crippen LogP contribution in [0.3, 0.4) is 0 Å². The summed E-state index contributed by atoms with van der Waals surface area (Å²) in [6, 6.07) is 0.366. The van der Waals surface area contributed by atoms with Crippen LogP contribution < -0.4 is 5.32 Å². The molecule has 0 aromatic carbocycles. The molecule has 1 saturated heterocycles. The van der Waals surface area contributed by atoms with E-state index in [0.29, 0.717) is 6.54 Å². The van der Waals surface area contributed by atoms with Crippen LogP contribution in [0, 0.1) is 0 Å². The van der Waals surface area contributed by atoms with Crippen LogP contribution in [0.4, 0.5) is 4.79 Å². The topological polar surface area (TPSA) is 64.3 Å². The number of urea groups is 1. The molecular formula is C15H23N5O. The summed E-state index contributed by atoms with van der Waals surface area (Å²) in [5.74, 6) is 0.924. The van der Waals surface area contributed by atoms with E-state index in [9.17, 15) is 4.79 Å². The van der Waals surface area contributed by atoms with Crippen molar-refractivity contribution in [1.82, 2.24) is 25.1 Å². The second-order valence-electron chi connectivity index (χ2n) is 5.83. The van der Waals surface area contributed by atoms with Crippen molar-refractivity contribution >= 4 is 6.03 Å². The molecule has 1 aliphatic heterocycles. The van der Waals surface area contributed by atoms with E-state index in [-0.39, 0.29) is 18.1 Å². The first-order valence-electron chi connectivity index (χ1n) is 7.65. The number of H-pyrrole nitrogens is 1. The average Bonchev–Trinajstić information content (AvgIpc) is 3.03. The number of nitrogens with zero attached hydrogens (tertiary/aromatic N) is 3. The van der Waals surface area contributed by atoms with Gasteiger partial charge in [-0.25, -0.2) is 9.78 Å². The summed E-state index contributed by atoms with van der Waals surface area (Å²) in [5.41, 5.74) is 0. The highest BCUT2D eigenvalue weighted by molar-refractivity contribution is 5.75. The van der Waals surface area contributed by atoms with Gasteiger partial charge in [-0.05, 0) is 26.3 Å². The van der Waals surface area contributed by atoms with Crippen LogP contribution in [0.1, 0.15) is 31.1 Å². The fourth-order valence-electron chi connectivity index (χ4n) is 3.00. The highest BCUT2D eigenvalue weighted by Crippen LogP contribution is 2.21. The molecule has 1 aliphatic carbocycles. The Bertz CT molecular complexity index is 498. The number of aromatic amines is 1. The first kappa shape index (κ1) is 14.1. The Labute approximate surface area is 125 Å². The third kappa shape index (κ3) is 3.26. The maximum Gasteiger partial charge on any atom is 0.317 e. The summed E-state index contributed by atoms with van der Waals surface area (Å²) >= 11 is 0. The minimum atomic E-state index is 0.0382. The van der Waals surface area contributed by atoms with Crippen molar-refractivity contribution in [2.45, 2.75) is 31.3 Å². The number of hydrogen-bond acceptors (Lipinski definition) is 3. The molecule has 3 rings (SSSR count). The van der Waals surface area contributed by atoms with Gasteiger partial charge in [0, 0.05) is 38.1 Å². The van der Waals surface area contributed by atoms with Crippen LogP contribution in [-0.2, 0) is 0 Å². The molecule has 21 heavy (non-hydrogen) atoms. The summed E-state index contributed by atoms with van der Waals surface area (Å²) in [7, 11) is 2.08. The molecule has 114 valence electrons. The Hall–Kier alpha value is -1.82. The van der Waals surface area contributed by atoms with E-state index in [1.165, 1.54) is 0 Å². The second-order valence-corrected chi connectivity index (χ2v) is 5.83. The van der Waals surface area contributed by atoms with Gasteiger partial charge in [0.2, 0.25) is 0 Å². The van der Waals surface area contributed by atoms with Crippen LogP contribution in [0.25, 0.3) is 0 Å². The third-order valence-electron chi connectivity index (χ3n) is 4.33. The zero-order valence-corrected chi connectivity index (χ0v) is 12.5. The van der Waals surface area contributed by atoms with Crippen molar-refractivity contribution in [2.24, 2.45) is 0 Å². The maximum atomic E-state index is 12.4. The highest BCUT2D eigenvalue weighted by atomic mass is 16.2. The lowest BCUT2D eigenvalue weighted by atomic mass is 10.0. The first-order chi connectivity index (χ1) is 10.2. The Morgan fingerprint density at radius 2 is 2.38 bits per heavy atom.